The third-order valence-corrected chi connectivity index (χ3v) is 7.11. The fourth-order valence-electron chi connectivity index (χ4n) is 3.57. The Morgan fingerprint density at radius 2 is 1.93 bits per heavy atom. The molecule has 1 aliphatic rings. The quantitative estimate of drug-likeness (QED) is 0.724. The molecule has 1 heterocycles. The van der Waals surface area contributed by atoms with E-state index in [4.69, 9.17) is 0 Å². The van der Waals surface area contributed by atoms with E-state index in [2.05, 4.69) is 17.9 Å². The van der Waals surface area contributed by atoms with Crippen LogP contribution in [0.25, 0.3) is 10.8 Å². The van der Waals surface area contributed by atoms with Crippen LogP contribution in [0.1, 0.15) is 33.1 Å². The van der Waals surface area contributed by atoms with Gasteiger partial charge in [0.1, 0.15) is 0 Å². The summed E-state index contributed by atoms with van der Waals surface area (Å²) in [6, 6.07) is 12.8. The van der Waals surface area contributed by atoms with Gasteiger partial charge in [-0.2, -0.15) is 16.9 Å². The summed E-state index contributed by atoms with van der Waals surface area (Å²) in [4.78, 5) is 12.3. The van der Waals surface area contributed by atoms with Crippen LogP contribution in [-0.4, -0.2) is 42.5 Å². The van der Waals surface area contributed by atoms with E-state index in [1.165, 1.54) is 4.31 Å². The minimum absolute atomic E-state index is 0.0154. The van der Waals surface area contributed by atoms with Crippen LogP contribution in [0.4, 0.5) is 0 Å². The highest BCUT2D eigenvalue weighted by Crippen LogP contribution is 2.32. The topological polar surface area (TPSA) is 66.5 Å². The Bertz CT molecular complexity index is 928. The fraction of sp³-hybridized carbons (Fsp3) is 0.450. The molecule has 3 rings (SSSR count). The van der Waals surface area contributed by atoms with Gasteiger partial charge in [-0.15, -0.1) is 0 Å². The summed E-state index contributed by atoms with van der Waals surface area (Å²) in [6.45, 7) is 4.19. The lowest BCUT2D eigenvalue weighted by Crippen LogP contribution is -2.37. The van der Waals surface area contributed by atoms with Gasteiger partial charge in [-0.05, 0) is 49.6 Å². The SMILES string of the molecule is CC(C)NC(=O)CCC1CC(S)CN1S(=O)(=O)c1ccc2ccccc2c1. The molecular weight excluding hydrogens is 380 g/mol. The van der Waals surface area contributed by atoms with Crippen molar-refractivity contribution < 1.29 is 13.2 Å². The van der Waals surface area contributed by atoms with E-state index in [0.29, 0.717) is 30.7 Å². The molecule has 1 N–H and O–H groups in total. The fourth-order valence-corrected chi connectivity index (χ4v) is 5.85. The predicted octanol–water partition coefficient (Wildman–Crippen LogP) is 3.21. The van der Waals surface area contributed by atoms with Crippen LogP contribution >= 0.6 is 12.6 Å². The molecule has 2 unspecified atom stereocenters. The highest BCUT2D eigenvalue weighted by atomic mass is 32.2. The van der Waals surface area contributed by atoms with Crippen molar-refractivity contribution in [2.24, 2.45) is 0 Å². The molecule has 7 heteroatoms. The Morgan fingerprint density at radius 3 is 2.63 bits per heavy atom. The van der Waals surface area contributed by atoms with E-state index in [9.17, 15) is 13.2 Å². The van der Waals surface area contributed by atoms with Crippen LogP contribution in [0.3, 0.4) is 0 Å². The van der Waals surface area contributed by atoms with Crippen LogP contribution in [-0.2, 0) is 14.8 Å². The molecule has 27 heavy (non-hydrogen) atoms. The maximum Gasteiger partial charge on any atom is 0.243 e. The first-order valence-electron chi connectivity index (χ1n) is 9.25. The molecule has 146 valence electrons. The van der Waals surface area contributed by atoms with E-state index in [1.807, 2.05) is 44.2 Å². The highest BCUT2D eigenvalue weighted by Gasteiger charge is 2.39. The van der Waals surface area contributed by atoms with Crippen molar-refractivity contribution in [3.05, 3.63) is 42.5 Å². The third-order valence-electron chi connectivity index (χ3n) is 4.82. The van der Waals surface area contributed by atoms with Gasteiger partial charge >= 0.3 is 0 Å². The summed E-state index contributed by atoms with van der Waals surface area (Å²) in [6.07, 6.45) is 1.47. The number of carbonyl (C=O) groups is 1. The van der Waals surface area contributed by atoms with Gasteiger partial charge in [0.05, 0.1) is 4.90 Å². The van der Waals surface area contributed by atoms with Gasteiger partial charge in [-0.1, -0.05) is 30.3 Å². The van der Waals surface area contributed by atoms with E-state index in [0.717, 1.165) is 10.8 Å². The molecular formula is C20H26N2O3S2. The lowest BCUT2D eigenvalue weighted by atomic mass is 10.1. The number of thiol groups is 1. The molecule has 1 amide bonds. The maximum atomic E-state index is 13.2. The molecule has 0 aliphatic carbocycles. The van der Waals surface area contributed by atoms with E-state index in [-0.39, 0.29) is 23.2 Å². The molecule has 1 saturated heterocycles. The molecule has 5 nitrogen and oxygen atoms in total. The second-order valence-electron chi connectivity index (χ2n) is 7.39. The van der Waals surface area contributed by atoms with E-state index < -0.39 is 10.0 Å². The zero-order valence-corrected chi connectivity index (χ0v) is 17.3. The summed E-state index contributed by atoms with van der Waals surface area (Å²) >= 11 is 4.51. The molecule has 0 radical (unpaired) electrons. The molecule has 1 aliphatic heterocycles. The number of fused-ring (bicyclic) bond motifs is 1. The van der Waals surface area contributed by atoms with Crippen LogP contribution in [0.2, 0.25) is 0 Å². The summed E-state index contributed by atoms with van der Waals surface area (Å²) in [5.41, 5.74) is 0. The standard InChI is InChI=1S/C20H26N2O3S2/c1-14(2)21-20(23)10-8-17-12-18(26)13-22(17)27(24,25)19-9-7-15-5-3-4-6-16(15)11-19/h3-7,9,11,14,17-18,26H,8,10,12-13H2,1-2H3,(H,21,23). The largest absolute Gasteiger partial charge is 0.354 e. The Morgan fingerprint density at radius 1 is 1.22 bits per heavy atom. The molecule has 0 spiro atoms. The van der Waals surface area contributed by atoms with Crippen molar-refractivity contribution in [3.8, 4) is 0 Å². The third kappa shape index (κ3) is 4.65. The van der Waals surface area contributed by atoms with Gasteiger partial charge in [0.25, 0.3) is 0 Å². The van der Waals surface area contributed by atoms with Crippen LogP contribution in [0, 0.1) is 0 Å². The number of sulfonamides is 1. The Kier molecular flexibility index (Phi) is 6.13. The minimum Gasteiger partial charge on any atom is -0.354 e. The van der Waals surface area contributed by atoms with Crippen molar-refractivity contribution in [3.63, 3.8) is 0 Å². The second-order valence-corrected chi connectivity index (χ2v) is 10.0. The van der Waals surface area contributed by atoms with Gasteiger partial charge in [-0.25, -0.2) is 8.42 Å². The average Bonchev–Trinajstić information content (AvgIpc) is 3.00. The van der Waals surface area contributed by atoms with Gasteiger partial charge < -0.3 is 5.32 Å². The molecule has 0 aromatic heterocycles. The Labute approximate surface area is 166 Å². The first-order chi connectivity index (χ1) is 12.8. The van der Waals surface area contributed by atoms with Crippen molar-refractivity contribution >= 4 is 39.3 Å². The van der Waals surface area contributed by atoms with Crippen molar-refractivity contribution in [1.29, 1.82) is 0 Å². The van der Waals surface area contributed by atoms with Crippen LogP contribution in [0.15, 0.2) is 47.4 Å². The summed E-state index contributed by atoms with van der Waals surface area (Å²) < 4.78 is 28.0. The Balaban J connectivity index is 1.81. The number of hydrogen-bond acceptors (Lipinski definition) is 4. The maximum absolute atomic E-state index is 13.2. The zero-order valence-electron chi connectivity index (χ0n) is 15.6. The lowest BCUT2D eigenvalue weighted by molar-refractivity contribution is -0.121. The number of amides is 1. The molecule has 0 bridgehead atoms. The number of nitrogens with one attached hydrogen (secondary N) is 1. The van der Waals surface area contributed by atoms with Crippen molar-refractivity contribution in [2.75, 3.05) is 6.54 Å². The predicted molar refractivity (Wildman–Crippen MR) is 112 cm³/mol. The molecule has 2 aromatic carbocycles. The second kappa shape index (κ2) is 8.20. The molecule has 2 atom stereocenters. The summed E-state index contributed by atoms with van der Waals surface area (Å²) in [7, 11) is -3.63. The number of nitrogens with zero attached hydrogens (tertiary/aromatic N) is 1. The highest BCUT2D eigenvalue weighted by molar-refractivity contribution is 7.89. The number of benzene rings is 2. The van der Waals surface area contributed by atoms with E-state index in [1.54, 1.807) is 12.1 Å². The average molecular weight is 407 g/mol. The lowest BCUT2D eigenvalue weighted by Gasteiger charge is -2.24. The molecule has 2 aromatic rings. The molecule has 0 saturated carbocycles. The van der Waals surface area contributed by atoms with Crippen molar-refractivity contribution in [2.45, 2.75) is 55.3 Å². The van der Waals surface area contributed by atoms with Gasteiger partial charge in [0.2, 0.25) is 15.9 Å². The smallest absolute Gasteiger partial charge is 0.243 e. The van der Waals surface area contributed by atoms with Gasteiger partial charge in [0.15, 0.2) is 0 Å². The normalized spacial score (nSPS) is 21.0. The Hall–Kier alpha value is -1.57. The van der Waals surface area contributed by atoms with E-state index >= 15 is 0 Å². The number of hydrogen-bond donors (Lipinski definition) is 2. The summed E-state index contributed by atoms with van der Waals surface area (Å²) in [5, 5.41) is 4.74. The van der Waals surface area contributed by atoms with Gasteiger partial charge in [0, 0.05) is 30.3 Å². The summed E-state index contributed by atoms with van der Waals surface area (Å²) in [5.74, 6) is -0.0457. The van der Waals surface area contributed by atoms with Crippen LogP contribution < -0.4 is 5.32 Å². The first-order valence-corrected chi connectivity index (χ1v) is 11.2. The van der Waals surface area contributed by atoms with Crippen LogP contribution in [0.5, 0.6) is 0 Å². The van der Waals surface area contributed by atoms with Gasteiger partial charge in [-0.3, -0.25) is 4.79 Å². The van der Waals surface area contributed by atoms with Crippen molar-refractivity contribution in [1.82, 2.24) is 9.62 Å². The monoisotopic (exact) mass is 406 g/mol. The zero-order chi connectivity index (χ0) is 19.6. The molecule has 1 fully saturated rings. The number of rotatable bonds is 6. The minimum atomic E-state index is -3.63. The number of carbonyl (C=O) groups excluding carboxylic acids is 1. The first kappa shape index (κ1) is 20.2.